The number of carbonyl (C=O) groups excluding carboxylic acids is 5. The molecule has 0 saturated carbocycles. The van der Waals surface area contributed by atoms with Crippen LogP contribution in [0.2, 0.25) is 0 Å². The van der Waals surface area contributed by atoms with E-state index in [9.17, 15) is 24.0 Å². The normalized spacial score (nSPS) is 10.1. The number of amides is 1. The van der Waals surface area contributed by atoms with Crippen molar-refractivity contribution in [3.05, 3.63) is 0 Å². The van der Waals surface area contributed by atoms with Gasteiger partial charge in [-0.25, -0.2) is 0 Å². The molecule has 20 heavy (non-hydrogen) atoms. The lowest BCUT2D eigenvalue weighted by molar-refractivity contribution is -0.129. The summed E-state index contributed by atoms with van der Waals surface area (Å²) in [4.78, 5) is 55.5. The summed E-state index contributed by atoms with van der Waals surface area (Å²) in [6.07, 6.45) is 0.612. The summed E-state index contributed by atoms with van der Waals surface area (Å²) < 4.78 is 0. The van der Waals surface area contributed by atoms with Crippen LogP contribution in [0.1, 0.15) is 58.3 Å². The number of primary amides is 1. The van der Waals surface area contributed by atoms with Crippen LogP contribution in [0.25, 0.3) is 0 Å². The molecule has 2 N–H and O–H groups in total. The van der Waals surface area contributed by atoms with Gasteiger partial charge in [0, 0.05) is 44.9 Å². The molecule has 0 rings (SSSR count). The molecule has 6 heteroatoms. The number of hydrogen-bond donors (Lipinski definition) is 1. The van der Waals surface area contributed by atoms with Gasteiger partial charge in [-0.1, -0.05) is 6.92 Å². The average Bonchev–Trinajstić information content (AvgIpc) is 2.39. The molecule has 0 bridgehead atoms. The molecular formula is C14H21NO5. The maximum atomic E-state index is 11.4. The summed E-state index contributed by atoms with van der Waals surface area (Å²) >= 11 is 0. The largest absolute Gasteiger partial charge is 0.369 e. The highest BCUT2D eigenvalue weighted by Gasteiger charge is 2.12. The Labute approximate surface area is 118 Å². The van der Waals surface area contributed by atoms with E-state index in [1.54, 1.807) is 6.92 Å². The van der Waals surface area contributed by atoms with E-state index < -0.39 is 5.91 Å². The Balaban J connectivity index is 3.77. The van der Waals surface area contributed by atoms with Gasteiger partial charge in [-0.2, -0.15) is 0 Å². The van der Waals surface area contributed by atoms with Crippen LogP contribution in [0.15, 0.2) is 0 Å². The molecular weight excluding hydrogens is 262 g/mol. The van der Waals surface area contributed by atoms with Gasteiger partial charge in [-0.3, -0.25) is 24.0 Å². The van der Waals surface area contributed by atoms with E-state index in [-0.39, 0.29) is 68.1 Å². The number of ketones is 4. The second-order valence-corrected chi connectivity index (χ2v) is 4.65. The molecule has 112 valence electrons. The van der Waals surface area contributed by atoms with Crippen LogP contribution in [-0.4, -0.2) is 29.0 Å². The van der Waals surface area contributed by atoms with Crippen molar-refractivity contribution < 1.29 is 24.0 Å². The predicted molar refractivity (Wildman–Crippen MR) is 71.8 cm³/mol. The molecule has 0 spiro atoms. The molecule has 0 aromatic rings. The maximum Gasteiger partial charge on any atom is 0.224 e. The van der Waals surface area contributed by atoms with E-state index in [4.69, 9.17) is 5.73 Å². The molecule has 1 amide bonds. The second-order valence-electron chi connectivity index (χ2n) is 4.65. The van der Waals surface area contributed by atoms with Crippen LogP contribution in [0.4, 0.5) is 0 Å². The van der Waals surface area contributed by atoms with Gasteiger partial charge >= 0.3 is 0 Å². The van der Waals surface area contributed by atoms with Crippen molar-refractivity contribution in [3.63, 3.8) is 0 Å². The Hall–Kier alpha value is -1.85. The van der Waals surface area contributed by atoms with Crippen LogP contribution in [0, 0.1) is 0 Å². The van der Waals surface area contributed by atoms with Crippen LogP contribution < -0.4 is 5.73 Å². The Morgan fingerprint density at radius 1 is 0.650 bits per heavy atom. The van der Waals surface area contributed by atoms with Crippen molar-refractivity contribution in [1.29, 1.82) is 0 Å². The molecule has 0 unspecified atom stereocenters. The Kier molecular flexibility index (Phi) is 9.07. The molecule has 0 aliphatic rings. The first-order valence-corrected chi connectivity index (χ1v) is 6.70. The zero-order valence-corrected chi connectivity index (χ0v) is 11.8. The minimum Gasteiger partial charge on any atom is -0.369 e. The predicted octanol–water partition coefficient (Wildman–Crippen LogP) is 0.889. The molecule has 0 aromatic heterocycles. The standard InChI is InChI=1S/C14H21NO5/c1-2-10(16)3-4-11(17)5-6-12(18)7-8-13(19)9-14(15)20/h2-9H2,1H3,(H2,15,20). The first kappa shape index (κ1) is 18.1. The molecule has 6 nitrogen and oxygen atoms in total. The highest BCUT2D eigenvalue weighted by Crippen LogP contribution is 2.05. The second kappa shape index (κ2) is 10.00. The number of rotatable bonds is 12. The van der Waals surface area contributed by atoms with E-state index in [0.717, 1.165) is 0 Å². The molecule has 0 heterocycles. The summed E-state index contributed by atoms with van der Waals surface area (Å²) in [5.41, 5.74) is 4.85. The Morgan fingerprint density at radius 2 is 1.00 bits per heavy atom. The third-order valence-corrected chi connectivity index (χ3v) is 2.81. The van der Waals surface area contributed by atoms with Gasteiger partial charge in [0.15, 0.2) is 0 Å². The van der Waals surface area contributed by atoms with E-state index in [0.29, 0.717) is 6.42 Å². The Bertz CT molecular complexity index is 400. The molecule has 0 saturated heterocycles. The third kappa shape index (κ3) is 10.1. The SMILES string of the molecule is CCC(=O)CCC(=O)CCC(=O)CCC(=O)CC(N)=O. The average molecular weight is 283 g/mol. The summed E-state index contributed by atoms with van der Waals surface area (Å²) in [5.74, 6) is -1.37. The summed E-state index contributed by atoms with van der Waals surface area (Å²) in [5, 5.41) is 0. The zero-order chi connectivity index (χ0) is 15.5. The number of carbonyl (C=O) groups is 5. The van der Waals surface area contributed by atoms with Gasteiger partial charge < -0.3 is 5.73 Å². The first-order chi connectivity index (χ1) is 9.35. The molecule has 0 radical (unpaired) electrons. The minimum absolute atomic E-state index is 0.0211. The van der Waals surface area contributed by atoms with E-state index in [1.807, 2.05) is 0 Å². The fourth-order valence-corrected chi connectivity index (χ4v) is 1.55. The maximum absolute atomic E-state index is 11.4. The fraction of sp³-hybridized carbons (Fsp3) is 0.643. The summed E-state index contributed by atoms with van der Waals surface area (Å²) in [6, 6.07) is 0. The number of nitrogens with two attached hydrogens (primary N) is 1. The van der Waals surface area contributed by atoms with Crippen molar-refractivity contribution in [3.8, 4) is 0 Å². The lowest BCUT2D eigenvalue weighted by Crippen LogP contribution is -2.17. The Morgan fingerprint density at radius 3 is 1.35 bits per heavy atom. The van der Waals surface area contributed by atoms with Gasteiger partial charge in [0.05, 0.1) is 6.42 Å². The lowest BCUT2D eigenvalue weighted by Gasteiger charge is -2.01. The summed E-state index contributed by atoms with van der Waals surface area (Å²) in [7, 11) is 0. The minimum atomic E-state index is -0.710. The lowest BCUT2D eigenvalue weighted by atomic mass is 10.0. The third-order valence-electron chi connectivity index (χ3n) is 2.81. The zero-order valence-electron chi connectivity index (χ0n) is 11.8. The van der Waals surface area contributed by atoms with Gasteiger partial charge in [-0.05, 0) is 0 Å². The monoisotopic (exact) mass is 283 g/mol. The van der Waals surface area contributed by atoms with Crippen LogP contribution >= 0.6 is 0 Å². The van der Waals surface area contributed by atoms with E-state index in [1.165, 1.54) is 0 Å². The number of Topliss-reactive ketones (excluding diaryl/α,β-unsaturated/α-hetero) is 4. The molecule has 0 aromatic carbocycles. The van der Waals surface area contributed by atoms with Crippen molar-refractivity contribution in [1.82, 2.24) is 0 Å². The molecule has 0 atom stereocenters. The smallest absolute Gasteiger partial charge is 0.224 e. The van der Waals surface area contributed by atoms with Crippen LogP contribution in [0.3, 0.4) is 0 Å². The van der Waals surface area contributed by atoms with Gasteiger partial charge in [0.25, 0.3) is 0 Å². The van der Waals surface area contributed by atoms with E-state index >= 15 is 0 Å². The van der Waals surface area contributed by atoms with Crippen molar-refractivity contribution in [2.45, 2.75) is 58.3 Å². The highest BCUT2D eigenvalue weighted by atomic mass is 16.2. The highest BCUT2D eigenvalue weighted by molar-refractivity contribution is 5.98. The quantitative estimate of drug-likeness (QED) is 0.534. The van der Waals surface area contributed by atoms with Gasteiger partial charge in [0.2, 0.25) is 5.91 Å². The number of hydrogen-bond acceptors (Lipinski definition) is 5. The van der Waals surface area contributed by atoms with E-state index in [2.05, 4.69) is 0 Å². The molecule has 0 aliphatic heterocycles. The topological polar surface area (TPSA) is 111 Å². The van der Waals surface area contributed by atoms with Crippen molar-refractivity contribution >= 4 is 29.0 Å². The first-order valence-electron chi connectivity index (χ1n) is 6.70. The van der Waals surface area contributed by atoms with Crippen LogP contribution in [-0.2, 0) is 24.0 Å². The molecule has 0 aliphatic carbocycles. The molecule has 0 fully saturated rings. The van der Waals surface area contributed by atoms with Crippen LogP contribution in [0.5, 0.6) is 0 Å². The van der Waals surface area contributed by atoms with Crippen molar-refractivity contribution in [2.24, 2.45) is 5.73 Å². The van der Waals surface area contributed by atoms with Gasteiger partial charge in [-0.15, -0.1) is 0 Å². The fourth-order valence-electron chi connectivity index (χ4n) is 1.55. The van der Waals surface area contributed by atoms with Gasteiger partial charge in [0.1, 0.15) is 23.1 Å². The van der Waals surface area contributed by atoms with Crippen molar-refractivity contribution in [2.75, 3.05) is 0 Å². The summed E-state index contributed by atoms with van der Waals surface area (Å²) in [6.45, 7) is 1.74.